The number of fused-ring (bicyclic) bond motifs is 1. The summed E-state index contributed by atoms with van der Waals surface area (Å²) in [5.74, 6) is -1.09. The van der Waals surface area contributed by atoms with Crippen molar-refractivity contribution in [2.45, 2.75) is 26.6 Å². The molecule has 0 aliphatic heterocycles. The molecule has 0 saturated carbocycles. The zero-order chi connectivity index (χ0) is 28.8. The summed E-state index contributed by atoms with van der Waals surface area (Å²) in [7, 11) is 0. The van der Waals surface area contributed by atoms with Gasteiger partial charge in [0.1, 0.15) is 5.69 Å². The van der Waals surface area contributed by atoms with Crippen LogP contribution in [0.2, 0.25) is 0 Å². The Morgan fingerprint density at radius 2 is 1.70 bits per heavy atom. The van der Waals surface area contributed by atoms with Crippen LogP contribution >= 0.6 is 0 Å². The number of H-pyrrole nitrogens is 1. The molecule has 0 saturated heterocycles. The van der Waals surface area contributed by atoms with Gasteiger partial charge >= 0.3 is 12.1 Å². The Bertz CT molecular complexity index is 1910. The monoisotopic (exact) mass is 541 g/mol. The van der Waals surface area contributed by atoms with Crippen molar-refractivity contribution in [1.82, 2.24) is 9.55 Å². The van der Waals surface area contributed by atoms with Crippen molar-refractivity contribution >= 4 is 22.6 Å². The second kappa shape index (κ2) is 9.89. The Kier molecular flexibility index (Phi) is 6.56. The first-order valence-corrected chi connectivity index (χ1v) is 12.2. The van der Waals surface area contributed by atoms with Gasteiger partial charge in [0.2, 0.25) is 0 Å². The maximum absolute atomic E-state index is 14.0. The summed E-state index contributed by atoms with van der Waals surface area (Å²) >= 11 is 0. The van der Waals surface area contributed by atoms with Crippen LogP contribution in [-0.4, -0.2) is 20.6 Å². The van der Waals surface area contributed by atoms with Crippen molar-refractivity contribution in [3.63, 3.8) is 0 Å². The molecule has 5 rings (SSSR count). The molecule has 2 aromatic heterocycles. The number of aromatic amines is 1. The van der Waals surface area contributed by atoms with Crippen molar-refractivity contribution in [2.24, 2.45) is 0 Å². The van der Waals surface area contributed by atoms with Gasteiger partial charge in [-0.15, -0.1) is 0 Å². The van der Waals surface area contributed by atoms with Gasteiger partial charge in [-0.3, -0.25) is 4.79 Å². The van der Waals surface area contributed by atoms with Crippen LogP contribution in [0.3, 0.4) is 0 Å². The van der Waals surface area contributed by atoms with Crippen molar-refractivity contribution < 1.29 is 23.1 Å². The van der Waals surface area contributed by atoms with E-state index in [1.54, 1.807) is 42.5 Å². The third kappa shape index (κ3) is 4.87. The smallest absolute Gasteiger partial charge is 0.407 e. The predicted molar refractivity (Wildman–Crippen MR) is 147 cm³/mol. The van der Waals surface area contributed by atoms with E-state index in [1.165, 1.54) is 10.6 Å². The van der Waals surface area contributed by atoms with E-state index in [-0.39, 0.29) is 17.9 Å². The first kappa shape index (κ1) is 26.5. The van der Waals surface area contributed by atoms with E-state index in [2.05, 4.69) is 9.83 Å². The number of carbonyl (C=O) groups is 1. The number of alkyl halides is 3. The van der Waals surface area contributed by atoms with Crippen LogP contribution in [0.5, 0.6) is 0 Å². The van der Waals surface area contributed by atoms with Gasteiger partial charge in [0.25, 0.3) is 11.2 Å². The third-order valence-corrected chi connectivity index (χ3v) is 6.86. The first-order valence-electron chi connectivity index (χ1n) is 12.2. The number of nitrogens with zero attached hydrogens (tertiary/aromatic N) is 2. The number of carboxylic acids is 1. The number of benzene rings is 3. The van der Waals surface area contributed by atoms with Crippen molar-refractivity contribution in [3.8, 4) is 22.4 Å². The molecular weight excluding hydrogens is 519 g/mol. The number of halogens is 3. The number of aryl methyl sites for hydroxylation is 2. The highest BCUT2D eigenvalue weighted by atomic mass is 19.4. The molecule has 0 radical (unpaired) electrons. The molecule has 3 aromatic carbocycles. The molecule has 200 valence electrons. The van der Waals surface area contributed by atoms with Gasteiger partial charge in [-0.25, -0.2) is 9.64 Å². The minimum atomic E-state index is -4.90. The Balaban J connectivity index is 1.70. The highest BCUT2D eigenvalue weighted by Gasteiger charge is 2.36. The van der Waals surface area contributed by atoms with Gasteiger partial charge in [0, 0.05) is 16.6 Å². The van der Waals surface area contributed by atoms with Gasteiger partial charge < -0.3 is 14.7 Å². The number of aromatic nitrogens is 2. The summed E-state index contributed by atoms with van der Waals surface area (Å²) in [6.45, 7) is 11.1. The Labute approximate surface area is 226 Å². The molecule has 0 aliphatic carbocycles. The fourth-order valence-electron chi connectivity index (χ4n) is 4.83. The quantitative estimate of drug-likeness (QED) is 0.225. The predicted octanol–water partition coefficient (Wildman–Crippen LogP) is 7.60. The molecule has 40 heavy (non-hydrogen) atoms. The Hall–Kier alpha value is -5.10. The molecule has 0 atom stereocenters. The van der Waals surface area contributed by atoms with Crippen LogP contribution in [0.25, 0.3) is 38.1 Å². The molecule has 0 aliphatic rings. The van der Waals surface area contributed by atoms with Crippen molar-refractivity contribution in [1.29, 1.82) is 0 Å². The molecule has 0 unspecified atom stereocenters. The molecule has 0 fully saturated rings. The second-order valence-corrected chi connectivity index (χ2v) is 9.59. The summed E-state index contributed by atoms with van der Waals surface area (Å²) in [6, 6.07) is 20.0. The molecule has 0 amide bonds. The Morgan fingerprint density at radius 3 is 2.38 bits per heavy atom. The number of rotatable bonds is 5. The summed E-state index contributed by atoms with van der Waals surface area (Å²) in [6.07, 6.45) is -4.90. The highest BCUT2D eigenvalue weighted by Crippen LogP contribution is 2.38. The van der Waals surface area contributed by atoms with Gasteiger partial charge in [-0.05, 0) is 65.9 Å². The molecule has 9 heteroatoms. The standard InChI is InChI=1S/C31H22F3N3O3/c1-17-7-8-23(18(2)11-17)16-37-27(15-24(31(32,33)34)28(35-3)29(37)38)22-6-4-5-19(12-22)20-9-10-21-14-26(30(39)40)36-25(21)13-20/h4-15,36H,16H2,1-2H3,(H,39,40). The SMILES string of the molecule is [C-]#[N+]c1c(C(F)(F)F)cc(-c2cccc(-c3ccc4cc(C(=O)O)[nH]c4c3)c2)n(Cc2ccc(C)cc2C)c1=O. The van der Waals surface area contributed by atoms with Gasteiger partial charge in [-0.1, -0.05) is 54.1 Å². The number of hydrogen-bond donors (Lipinski definition) is 2. The van der Waals surface area contributed by atoms with Gasteiger partial charge in [0.05, 0.1) is 18.7 Å². The van der Waals surface area contributed by atoms with Crippen LogP contribution in [0.15, 0.2) is 77.6 Å². The van der Waals surface area contributed by atoms with Crippen LogP contribution < -0.4 is 5.56 Å². The van der Waals surface area contributed by atoms with Crippen molar-refractivity contribution in [3.05, 3.63) is 123 Å². The number of aromatic carboxylic acids is 1. The average Bonchev–Trinajstić information content (AvgIpc) is 3.34. The zero-order valence-corrected chi connectivity index (χ0v) is 21.4. The van der Waals surface area contributed by atoms with E-state index in [0.29, 0.717) is 27.6 Å². The molecule has 0 bridgehead atoms. The van der Waals surface area contributed by atoms with E-state index in [0.717, 1.165) is 22.8 Å². The van der Waals surface area contributed by atoms with Gasteiger partial charge in [-0.2, -0.15) is 13.2 Å². The topological polar surface area (TPSA) is 79.4 Å². The lowest BCUT2D eigenvalue weighted by Gasteiger charge is -2.19. The van der Waals surface area contributed by atoms with E-state index in [1.807, 2.05) is 32.0 Å². The lowest BCUT2D eigenvalue weighted by molar-refractivity contribution is -0.136. The maximum atomic E-state index is 14.0. The minimum absolute atomic E-state index is 0.0163. The molecule has 2 N–H and O–H groups in total. The van der Waals surface area contributed by atoms with E-state index >= 15 is 0 Å². The molecule has 5 aromatic rings. The molecule has 6 nitrogen and oxygen atoms in total. The van der Waals surface area contributed by atoms with E-state index in [4.69, 9.17) is 6.57 Å². The number of carboxylic acid groups (broad SMARTS) is 1. The maximum Gasteiger partial charge on any atom is 0.407 e. The summed E-state index contributed by atoms with van der Waals surface area (Å²) < 4.78 is 43.2. The Morgan fingerprint density at radius 1 is 0.975 bits per heavy atom. The second-order valence-electron chi connectivity index (χ2n) is 9.59. The van der Waals surface area contributed by atoms with E-state index in [9.17, 15) is 27.9 Å². The molecule has 2 heterocycles. The molecule has 0 spiro atoms. The highest BCUT2D eigenvalue weighted by molar-refractivity contribution is 5.95. The summed E-state index contributed by atoms with van der Waals surface area (Å²) in [4.78, 5) is 30.6. The fourth-order valence-corrected chi connectivity index (χ4v) is 4.83. The van der Waals surface area contributed by atoms with Gasteiger partial charge in [0.15, 0.2) is 0 Å². The fraction of sp³-hybridized carbons (Fsp3) is 0.129. The lowest BCUT2D eigenvalue weighted by Crippen LogP contribution is -2.25. The number of hydrogen-bond acceptors (Lipinski definition) is 2. The average molecular weight is 542 g/mol. The van der Waals surface area contributed by atoms with Crippen LogP contribution in [-0.2, 0) is 12.7 Å². The normalized spacial score (nSPS) is 11.5. The largest absolute Gasteiger partial charge is 0.477 e. The first-order chi connectivity index (χ1) is 19.0. The van der Waals surface area contributed by atoms with Crippen LogP contribution in [0, 0.1) is 20.4 Å². The summed E-state index contributed by atoms with van der Waals surface area (Å²) in [5, 5.41) is 9.98. The third-order valence-electron chi connectivity index (χ3n) is 6.86. The van der Waals surface area contributed by atoms with Crippen LogP contribution in [0.1, 0.15) is 32.7 Å². The number of nitrogens with one attached hydrogen (secondary N) is 1. The minimum Gasteiger partial charge on any atom is -0.477 e. The van der Waals surface area contributed by atoms with E-state index < -0.39 is 29.0 Å². The lowest BCUT2D eigenvalue weighted by atomic mass is 9.99. The number of pyridine rings is 1. The van der Waals surface area contributed by atoms with Crippen LogP contribution in [0.4, 0.5) is 18.9 Å². The van der Waals surface area contributed by atoms with Crippen molar-refractivity contribution in [2.75, 3.05) is 0 Å². The summed E-state index contributed by atoms with van der Waals surface area (Å²) in [5.41, 5.74) is 1.72. The zero-order valence-electron chi connectivity index (χ0n) is 21.4. The molecular formula is C31H22F3N3O3.